The molecule has 0 aliphatic heterocycles. The van der Waals surface area contributed by atoms with E-state index >= 15 is 0 Å². The molecule has 0 fully saturated rings. The van der Waals surface area contributed by atoms with Gasteiger partial charge in [-0.25, -0.2) is 4.39 Å². The predicted octanol–water partition coefficient (Wildman–Crippen LogP) is 3.85. The van der Waals surface area contributed by atoms with Crippen LogP contribution < -0.4 is 4.74 Å². The number of ether oxygens (including phenoxy) is 1. The summed E-state index contributed by atoms with van der Waals surface area (Å²) in [4.78, 5) is 0. The summed E-state index contributed by atoms with van der Waals surface area (Å²) in [6.07, 6.45) is -0.744. The molecule has 0 saturated carbocycles. The zero-order valence-corrected chi connectivity index (χ0v) is 11.2. The minimum Gasteiger partial charge on any atom is -0.457 e. The van der Waals surface area contributed by atoms with E-state index in [9.17, 15) is 9.50 Å². The van der Waals surface area contributed by atoms with E-state index in [0.29, 0.717) is 22.6 Å². The lowest BCUT2D eigenvalue weighted by Gasteiger charge is -2.15. The summed E-state index contributed by atoms with van der Waals surface area (Å²) in [5, 5.41) is 18.7. The molecule has 0 aromatic heterocycles. The second kappa shape index (κ2) is 5.72. The molecule has 1 atom stereocenters. The third-order valence-corrected chi connectivity index (χ3v) is 2.96. The van der Waals surface area contributed by atoms with Gasteiger partial charge in [0.25, 0.3) is 0 Å². The Morgan fingerprint density at radius 3 is 2.60 bits per heavy atom. The number of hydrogen-bond donors (Lipinski definition) is 1. The maximum Gasteiger partial charge on any atom is 0.134 e. The summed E-state index contributed by atoms with van der Waals surface area (Å²) in [5.74, 6) is 0.315. The lowest BCUT2D eigenvalue weighted by molar-refractivity contribution is 0.195. The fraction of sp³-hybridized carbons (Fsp3) is 0.188. The van der Waals surface area contributed by atoms with Gasteiger partial charge in [-0.3, -0.25) is 0 Å². The molecular formula is C16H14FNO2. The third-order valence-electron chi connectivity index (χ3n) is 2.96. The van der Waals surface area contributed by atoms with Crippen LogP contribution in [0.1, 0.15) is 29.7 Å². The van der Waals surface area contributed by atoms with E-state index < -0.39 is 11.9 Å². The van der Waals surface area contributed by atoms with Crippen LogP contribution in [-0.4, -0.2) is 5.11 Å². The number of hydrogen-bond acceptors (Lipinski definition) is 3. The number of aryl methyl sites for hydroxylation is 1. The van der Waals surface area contributed by atoms with Gasteiger partial charge in [0.15, 0.2) is 0 Å². The lowest BCUT2D eigenvalue weighted by Crippen LogP contribution is -1.98. The van der Waals surface area contributed by atoms with Gasteiger partial charge in [0.1, 0.15) is 17.3 Å². The van der Waals surface area contributed by atoms with Crippen molar-refractivity contribution < 1.29 is 14.2 Å². The van der Waals surface area contributed by atoms with Crippen LogP contribution in [0.5, 0.6) is 11.5 Å². The van der Waals surface area contributed by atoms with Crippen molar-refractivity contribution in [2.24, 2.45) is 0 Å². The number of nitriles is 1. The first-order chi connectivity index (χ1) is 9.51. The highest BCUT2D eigenvalue weighted by Gasteiger charge is 2.12. The van der Waals surface area contributed by atoms with Crippen LogP contribution in [0, 0.1) is 24.1 Å². The van der Waals surface area contributed by atoms with Crippen LogP contribution in [-0.2, 0) is 0 Å². The van der Waals surface area contributed by atoms with Gasteiger partial charge < -0.3 is 9.84 Å². The quantitative estimate of drug-likeness (QED) is 0.922. The van der Waals surface area contributed by atoms with Gasteiger partial charge >= 0.3 is 0 Å². The molecule has 0 heterocycles. The Bertz CT molecular complexity index is 675. The first-order valence-corrected chi connectivity index (χ1v) is 6.17. The number of rotatable bonds is 3. The summed E-state index contributed by atoms with van der Waals surface area (Å²) in [6, 6.07) is 11.0. The average Bonchev–Trinajstić information content (AvgIpc) is 2.42. The summed E-state index contributed by atoms with van der Waals surface area (Å²) in [7, 11) is 0. The average molecular weight is 271 g/mol. The predicted molar refractivity (Wildman–Crippen MR) is 73.0 cm³/mol. The SMILES string of the molecule is Cc1ccc(F)cc1Oc1cc(C#N)ccc1C(C)O. The lowest BCUT2D eigenvalue weighted by atomic mass is 10.1. The molecule has 102 valence electrons. The van der Waals surface area contributed by atoms with Crippen molar-refractivity contribution in [3.8, 4) is 17.6 Å². The van der Waals surface area contributed by atoms with Crippen molar-refractivity contribution >= 4 is 0 Å². The van der Waals surface area contributed by atoms with Gasteiger partial charge in [0.05, 0.1) is 17.7 Å². The normalized spacial score (nSPS) is 11.8. The zero-order chi connectivity index (χ0) is 14.7. The van der Waals surface area contributed by atoms with Crippen LogP contribution >= 0.6 is 0 Å². The van der Waals surface area contributed by atoms with E-state index in [0.717, 1.165) is 5.56 Å². The fourth-order valence-electron chi connectivity index (χ4n) is 1.84. The van der Waals surface area contributed by atoms with Gasteiger partial charge in [-0.2, -0.15) is 5.26 Å². The molecule has 2 rings (SSSR count). The first kappa shape index (κ1) is 14.0. The highest BCUT2D eigenvalue weighted by molar-refractivity contribution is 5.46. The molecule has 0 saturated heterocycles. The number of aliphatic hydroxyl groups excluding tert-OH is 1. The standard InChI is InChI=1S/C16H14FNO2/c1-10-3-5-13(17)8-15(10)20-16-7-12(9-18)4-6-14(16)11(2)19/h3-8,11,19H,1-2H3. The molecule has 1 unspecified atom stereocenters. The largest absolute Gasteiger partial charge is 0.457 e. The molecule has 0 aliphatic rings. The van der Waals surface area contributed by atoms with Gasteiger partial charge in [-0.15, -0.1) is 0 Å². The zero-order valence-electron chi connectivity index (χ0n) is 11.2. The minimum absolute atomic E-state index is 0.354. The maximum atomic E-state index is 13.3. The summed E-state index contributed by atoms with van der Waals surface area (Å²) in [5.41, 5.74) is 1.73. The molecule has 0 aliphatic carbocycles. The Morgan fingerprint density at radius 2 is 1.95 bits per heavy atom. The van der Waals surface area contributed by atoms with E-state index in [1.165, 1.54) is 18.2 Å². The van der Waals surface area contributed by atoms with Crippen LogP contribution in [0.25, 0.3) is 0 Å². The minimum atomic E-state index is -0.744. The molecule has 0 amide bonds. The van der Waals surface area contributed by atoms with Crippen molar-refractivity contribution in [3.63, 3.8) is 0 Å². The third kappa shape index (κ3) is 2.95. The Labute approximate surface area is 116 Å². The van der Waals surface area contributed by atoms with Crippen molar-refractivity contribution in [1.82, 2.24) is 0 Å². The fourth-order valence-corrected chi connectivity index (χ4v) is 1.84. The van der Waals surface area contributed by atoms with Crippen molar-refractivity contribution in [3.05, 3.63) is 58.9 Å². The number of aliphatic hydroxyl groups is 1. The van der Waals surface area contributed by atoms with Crippen molar-refractivity contribution in [2.45, 2.75) is 20.0 Å². The molecule has 1 N–H and O–H groups in total. The second-order valence-corrected chi connectivity index (χ2v) is 4.55. The molecule has 0 bridgehead atoms. The second-order valence-electron chi connectivity index (χ2n) is 4.55. The van der Waals surface area contributed by atoms with E-state index in [-0.39, 0.29) is 0 Å². The highest BCUT2D eigenvalue weighted by atomic mass is 19.1. The molecule has 0 radical (unpaired) electrons. The van der Waals surface area contributed by atoms with Crippen molar-refractivity contribution in [1.29, 1.82) is 5.26 Å². The number of halogens is 1. The van der Waals surface area contributed by atoms with Gasteiger partial charge in [-0.1, -0.05) is 12.1 Å². The van der Waals surface area contributed by atoms with E-state index in [1.807, 2.05) is 6.07 Å². The topological polar surface area (TPSA) is 53.2 Å². The van der Waals surface area contributed by atoms with E-state index in [2.05, 4.69) is 0 Å². The Morgan fingerprint density at radius 1 is 1.20 bits per heavy atom. The molecule has 3 nitrogen and oxygen atoms in total. The van der Waals surface area contributed by atoms with Gasteiger partial charge in [0, 0.05) is 11.6 Å². The Balaban J connectivity index is 2.46. The summed E-state index contributed by atoms with van der Waals surface area (Å²) >= 11 is 0. The Kier molecular flexibility index (Phi) is 4.02. The monoisotopic (exact) mass is 271 g/mol. The smallest absolute Gasteiger partial charge is 0.134 e. The first-order valence-electron chi connectivity index (χ1n) is 6.17. The van der Waals surface area contributed by atoms with Crippen LogP contribution in [0.3, 0.4) is 0 Å². The molecule has 2 aromatic carbocycles. The van der Waals surface area contributed by atoms with Crippen molar-refractivity contribution in [2.75, 3.05) is 0 Å². The number of nitrogens with zero attached hydrogens (tertiary/aromatic N) is 1. The highest BCUT2D eigenvalue weighted by Crippen LogP contribution is 2.32. The van der Waals surface area contributed by atoms with Gasteiger partial charge in [0.2, 0.25) is 0 Å². The molecule has 20 heavy (non-hydrogen) atoms. The molecule has 4 heteroatoms. The Hall–Kier alpha value is -2.38. The molecule has 0 spiro atoms. The molecular weight excluding hydrogens is 257 g/mol. The van der Waals surface area contributed by atoms with E-state index in [1.54, 1.807) is 32.0 Å². The summed E-state index contributed by atoms with van der Waals surface area (Å²) < 4.78 is 18.9. The van der Waals surface area contributed by atoms with Crippen LogP contribution in [0.15, 0.2) is 36.4 Å². The maximum absolute atomic E-state index is 13.3. The summed E-state index contributed by atoms with van der Waals surface area (Å²) in [6.45, 7) is 3.40. The molecule has 2 aromatic rings. The van der Waals surface area contributed by atoms with E-state index in [4.69, 9.17) is 10.00 Å². The van der Waals surface area contributed by atoms with Crippen LogP contribution in [0.4, 0.5) is 4.39 Å². The van der Waals surface area contributed by atoms with Gasteiger partial charge in [-0.05, 0) is 37.6 Å². The van der Waals surface area contributed by atoms with Crippen LogP contribution in [0.2, 0.25) is 0 Å². The number of benzene rings is 2.